The SMILES string of the molecule is CN1CCCC(NCC2(O)CCOC2)C1. The summed E-state index contributed by atoms with van der Waals surface area (Å²) in [6, 6.07) is 0.536. The molecule has 4 heteroatoms. The van der Waals surface area contributed by atoms with E-state index < -0.39 is 5.60 Å². The van der Waals surface area contributed by atoms with Crippen LogP contribution < -0.4 is 5.32 Å². The van der Waals surface area contributed by atoms with Crippen molar-refractivity contribution in [3.63, 3.8) is 0 Å². The second-order valence-corrected chi connectivity index (χ2v) is 5.01. The predicted molar refractivity (Wildman–Crippen MR) is 58.9 cm³/mol. The molecule has 88 valence electrons. The van der Waals surface area contributed by atoms with E-state index in [1.807, 2.05) is 0 Å². The molecule has 2 saturated heterocycles. The average molecular weight is 214 g/mol. The summed E-state index contributed by atoms with van der Waals surface area (Å²) in [5.41, 5.74) is -0.615. The zero-order valence-electron chi connectivity index (χ0n) is 9.54. The number of piperidine rings is 1. The van der Waals surface area contributed by atoms with E-state index in [0.717, 1.165) is 13.0 Å². The largest absolute Gasteiger partial charge is 0.386 e. The maximum atomic E-state index is 10.1. The molecular weight excluding hydrogens is 192 g/mol. The molecular formula is C11H22N2O2. The minimum absolute atomic E-state index is 0.489. The first-order chi connectivity index (χ1) is 7.18. The van der Waals surface area contributed by atoms with E-state index in [4.69, 9.17) is 4.74 Å². The van der Waals surface area contributed by atoms with Gasteiger partial charge in [-0.1, -0.05) is 0 Å². The second-order valence-electron chi connectivity index (χ2n) is 5.01. The first-order valence-corrected chi connectivity index (χ1v) is 5.90. The van der Waals surface area contributed by atoms with Gasteiger partial charge in [-0.2, -0.15) is 0 Å². The van der Waals surface area contributed by atoms with Gasteiger partial charge in [-0.05, 0) is 26.4 Å². The van der Waals surface area contributed by atoms with Crippen LogP contribution >= 0.6 is 0 Å². The van der Waals surface area contributed by atoms with Gasteiger partial charge in [0, 0.05) is 32.2 Å². The van der Waals surface area contributed by atoms with E-state index in [1.165, 1.54) is 19.4 Å². The zero-order valence-corrected chi connectivity index (χ0v) is 9.54. The van der Waals surface area contributed by atoms with Gasteiger partial charge in [0.2, 0.25) is 0 Å². The molecule has 2 fully saturated rings. The van der Waals surface area contributed by atoms with Crippen molar-refractivity contribution in [3.05, 3.63) is 0 Å². The molecule has 0 amide bonds. The highest BCUT2D eigenvalue weighted by atomic mass is 16.5. The highest BCUT2D eigenvalue weighted by molar-refractivity contribution is 4.87. The first-order valence-electron chi connectivity index (χ1n) is 5.90. The van der Waals surface area contributed by atoms with Crippen LogP contribution in [0.1, 0.15) is 19.3 Å². The van der Waals surface area contributed by atoms with Crippen LogP contribution in [-0.4, -0.2) is 61.5 Å². The lowest BCUT2D eigenvalue weighted by Crippen LogP contribution is -2.50. The number of likely N-dealkylation sites (tertiary alicyclic amines) is 1. The molecule has 4 nitrogen and oxygen atoms in total. The summed E-state index contributed by atoms with van der Waals surface area (Å²) in [4.78, 5) is 2.34. The lowest BCUT2D eigenvalue weighted by atomic mass is 10.0. The smallest absolute Gasteiger partial charge is 0.102 e. The monoisotopic (exact) mass is 214 g/mol. The molecule has 0 aliphatic carbocycles. The van der Waals surface area contributed by atoms with Crippen LogP contribution in [0.3, 0.4) is 0 Å². The molecule has 0 aromatic rings. The van der Waals surface area contributed by atoms with Crippen molar-refractivity contribution in [1.29, 1.82) is 0 Å². The van der Waals surface area contributed by atoms with Gasteiger partial charge in [-0.25, -0.2) is 0 Å². The molecule has 0 saturated carbocycles. The number of nitrogens with zero attached hydrogens (tertiary/aromatic N) is 1. The third kappa shape index (κ3) is 3.14. The third-order valence-corrected chi connectivity index (χ3v) is 3.43. The van der Waals surface area contributed by atoms with Crippen LogP contribution in [0.2, 0.25) is 0 Å². The Bertz CT molecular complexity index is 205. The highest BCUT2D eigenvalue weighted by Crippen LogP contribution is 2.18. The van der Waals surface area contributed by atoms with Crippen LogP contribution in [0.4, 0.5) is 0 Å². The van der Waals surface area contributed by atoms with Crippen LogP contribution in [0.5, 0.6) is 0 Å². The Labute approximate surface area is 91.6 Å². The van der Waals surface area contributed by atoms with Gasteiger partial charge >= 0.3 is 0 Å². The van der Waals surface area contributed by atoms with Gasteiger partial charge in [-0.15, -0.1) is 0 Å². The maximum Gasteiger partial charge on any atom is 0.102 e. The van der Waals surface area contributed by atoms with Gasteiger partial charge in [0.15, 0.2) is 0 Å². The lowest BCUT2D eigenvalue weighted by molar-refractivity contribution is 0.0226. The van der Waals surface area contributed by atoms with Crippen molar-refractivity contribution in [1.82, 2.24) is 10.2 Å². The lowest BCUT2D eigenvalue weighted by Gasteiger charge is -2.32. The number of hydrogen-bond acceptors (Lipinski definition) is 4. The first kappa shape index (κ1) is 11.3. The third-order valence-electron chi connectivity index (χ3n) is 3.43. The van der Waals surface area contributed by atoms with E-state index in [-0.39, 0.29) is 0 Å². The summed E-state index contributed by atoms with van der Waals surface area (Å²) in [7, 11) is 2.15. The number of aliphatic hydroxyl groups is 1. The average Bonchev–Trinajstić information content (AvgIpc) is 2.63. The zero-order chi connectivity index (χ0) is 10.7. The van der Waals surface area contributed by atoms with Crippen LogP contribution in [0.15, 0.2) is 0 Å². The Morgan fingerprint density at radius 2 is 2.47 bits per heavy atom. The van der Waals surface area contributed by atoms with E-state index in [2.05, 4.69) is 17.3 Å². The van der Waals surface area contributed by atoms with E-state index >= 15 is 0 Å². The Morgan fingerprint density at radius 3 is 3.13 bits per heavy atom. The van der Waals surface area contributed by atoms with Crippen molar-refractivity contribution in [2.45, 2.75) is 30.9 Å². The number of likely N-dealkylation sites (N-methyl/N-ethyl adjacent to an activating group) is 1. The quantitative estimate of drug-likeness (QED) is 0.684. The summed E-state index contributed by atoms with van der Waals surface area (Å²) in [5, 5.41) is 13.5. The maximum absolute atomic E-state index is 10.1. The Balaban J connectivity index is 1.72. The molecule has 2 aliphatic heterocycles. The van der Waals surface area contributed by atoms with Crippen molar-refractivity contribution in [2.75, 3.05) is 39.9 Å². The Kier molecular flexibility index (Phi) is 3.61. The fourth-order valence-electron chi connectivity index (χ4n) is 2.40. The summed E-state index contributed by atoms with van der Waals surface area (Å²) in [5.74, 6) is 0. The Hall–Kier alpha value is -0.160. The second kappa shape index (κ2) is 4.78. The van der Waals surface area contributed by atoms with Gasteiger partial charge in [0.05, 0.1) is 6.61 Å². The molecule has 2 aliphatic rings. The standard InChI is InChI=1S/C11H22N2O2/c1-13-5-2-3-10(7-13)12-8-11(14)4-6-15-9-11/h10,12,14H,2-9H2,1H3. The van der Waals surface area contributed by atoms with Gasteiger partial charge in [0.25, 0.3) is 0 Å². The molecule has 2 unspecified atom stereocenters. The van der Waals surface area contributed by atoms with Crippen molar-refractivity contribution in [3.8, 4) is 0 Å². The van der Waals surface area contributed by atoms with E-state index in [0.29, 0.717) is 25.8 Å². The van der Waals surface area contributed by atoms with Crippen LogP contribution in [0, 0.1) is 0 Å². The fraction of sp³-hybridized carbons (Fsp3) is 1.00. The summed E-state index contributed by atoms with van der Waals surface area (Å²) >= 11 is 0. The number of nitrogens with one attached hydrogen (secondary N) is 1. The molecule has 2 atom stereocenters. The summed E-state index contributed by atoms with van der Waals surface area (Å²) in [6.45, 7) is 4.15. The van der Waals surface area contributed by atoms with Crippen LogP contribution in [0.25, 0.3) is 0 Å². The highest BCUT2D eigenvalue weighted by Gasteiger charge is 2.32. The van der Waals surface area contributed by atoms with Crippen molar-refractivity contribution in [2.24, 2.45) is 0 Å². The Morgan fingerprint density at radius 1 is 1.60 bits per heavy atom. The predicted octanol–water partition coefficient (Wildman–Crippen LogP) is -0.178. The topological polar surface area (TPSA) is 44.7 Å². The molecule has 0 bridgehead atoms. The number of rotatable bonds is 3. The van der Waals surface area contributed by atoms with Gasteiger partial charge in [0.1, 0.15) is 5.60 Å². The van der Waals surface area contributed by atoms with E-state index in [1.54, 1.807) is 0 Å². The van der Waals surface area contributed by atoms with Gasteiger partial charge < -0.3 is 20.1 Å². The number of ether oxygens (including phenoxy) is 1. The van der Waals surface area contributed by atoms with Crippen LogP contribution in [-0.2, 0) is 4.74 Å². The number of hydrogen-bond donors (Lipinski definition) is 2. The van der Waals surface area contributed by atoms with E-state index in [9.17, 15) is 5.11 Å². The van der Waals surface area contributed by atoms with Crippen molar-refractivity contribution < 1.29 is 9.84 Å². The minimum atomic E-state index is -0.615. The van der Waals surface area contributed by atoms with Gasteiger partial charge in [-0.3, -0.25) is 0 Å². The minimum Gasteiger partial charge on any atom is -0.386 e. The molecule has 0 aromatic heterocycles. The van der Waals surface area contributed by atoms with Crippen molar-refractivity contribution >= 4 is 0 Å². The molecule has 2 rings (SSSR count). The fourth-order valence-corrected chi connectivity index (χ4v) is 2.40. The summed E-state index contributed by atoms with van der Waals surface area (Å²) in [6.07, 6.45) is 3.24. The summed E-state index contributed by atoms with van der Waals surface area (Å²) < 4.78 is 5.22. The normalized spacial score (nSPS) is 38.4. The molecule has 0 radical (unpaired) electrons. The molecule has 0 spiro atoms. The molecule has 2 heterocycles. The molecule has 2 N–H and O–H groups in total. The molecule has 15 heavy (non-hydrogen) atoms. The molecule has 0 aromatic carbocycles.